The van der Waals surface area contributed by atoms with Gasteiger partial charge in [0.05, 0.1) is 18.7 Å². The molecule has 188 valence electrons. The lowest BCUT2D eigenvalue weighted by molar-refractivity contribution is -0.111. The summed E-state index contributed by atoms with van der Waals surface area (Å²) in [6.07, 6.45) is 4.37. The van der Waals surface area contributed by atoms with Gasteiger partial charge in [-0.2, -0.15) is 0 Å². The highest BCUT2D eigenvalue weighted by molar-refractivity contribution is 6.26. The zero-order valence-corrected chi connectivity index (χ0v) is 21.2. The van der Waals surface area contributed by atoms with Gasteiger partial charge >= 0.3 is 0 Å². The van der Waals surface area contributed by atoms with Crippen LogP contribution in [0.4, 0.5) is 5.69 Å². The minimum absolute atomic E-state index is 0.0171. The molecule has 3 heterocycles. The van der Waals surface area contributed by atoms with Gasteiger partial charge in [-0.15, -0.1) is 0 Å². The molecule has 3 aromatic rings. The maximum atomic E-state index is 13.4. The van der Waals surface area contributed by atoms with Crippen LogP contribution in [0.5, 0.6) is 11.5 Å². The normalized spacial score (nSPS) is 17.6. The van der Waals surface area contributed by atoms with E-state index in [1.165, 1.54) is 25.5 Å². The summed E-state index contributed by atoms with van der Waals surface area (Å²) in [7, 11) is 3.48. The second kappa shape index (κ2) is 9.70. The number of carbonyl (C=O) groups is 1. The second-order valence-electron chi connectivity index (χ2n) is 9.60. The molecule has 1 aromatic heterocycles. The predicted octanol–water partition coefficient (Wildman–Crippen LogP) is 4.62. The van der Waals surface area contributed by atoms with E-state index in [1.807, 2.05) is 24.2 Å². The Hall–Kier alpha value is -3.78. The van der Waals surface area contributed by atoms with Gasteiger partial charge in [0.2, 0.25) is 0 Å². The number of benzene rings is 2. The number of aryl methyl sites for hydroxylation is 2. The zero-order chi connectivity index (χ0) is 25.4. The standard InChI is InChI=1S/C28H32N4O4/c1-17-26(18(2)36-30-17)29-28(34)23-16-31(3)27(22-14-25(35-4)24(33)13-21(22)23)20-9-7-19(8-10-20)15-32-11-5-6-12-32/h7-10,13-14,16,27,33H,5-6,11-12,15H2,1-4H3,(H,29,34). The fraction of sp³-hybridized carbons (Fsp3) is 0.357. The van der Waals surface area contributed by atoms with Crippen molar-refractivity contribution in [2.45, 2.75) is 39.3 Å². The van der Waals surface area contributed by atoms with Crippen LogP contribution in [0.3, 0.4) is 0 Å². The smallest absolute Gasteiger partial charge is 0.257 e. The molecular formula is C28H32N4O4. The number of fused-ring (bicyclic) bond motifs is 1. The number of likely N-dealkylation sites (tertiary alicyclic amines) is 1. The Morgan fingerprint density at radius 2 is 1.92 bits per heavy atom. The summed E-state index contributed by atoms with van der Waals surface area (Å²) in [5, 5.41) is 17.4. The maximum absolute atomic E-state index is 13.4. The van der Waals surface area contributed by atoms with Crippen LogP contribution in [0.1, 0.15) is 52.6 Å². The molecule has 0 aliphatic carbocycles. The predicted molar refractivity (Wildman–Crippen MR) is 138 cm³/mol. The van der Waals surface area contributed by atoms with Crippen molar-refractivity contribution in [3.05, 3.63) is 76.3 Å². The molecule has 1 fully saturated rings. The molecule has 8 nitrogen and oxygen atoms in total. The highest BCUT2D eigenvalue weighted by atomic mass is 16.5. The molecule has 1 unspecified atom stereocenters. The number of anilines is 1. The summed E-state index contributed by atoms with van der Waals surface area (Å²) in [5.74, 6) is 0.582. The molecule has 1 atom stereocenters. The average molecular weight is 489 g/mol. The van der Waals surface area contributed by atoms with Crippen molar-refractivity contribution in [3.63, 3.8) is 0 Å². The average Bonchev–Trinajstić information content (AvgIpc) is 3.49. The third-order valence-electron chi connectivity index (χ3n) is 7.09. The van der Waals surface area contributed by atoms with E-state index in [0.29, 0.717) is 34.0 Å². The third kappa shape index (κ3) is 4.44. The summed E-state index contributed by atoms with van der Waals surface area (Å²) in [6.45, 7) is 6.82. The van der Waals surface area contributed by atoms with E-state index in [1.54, 1.807) is 19.9 Å². The molecule has 0 saturated carbocycles. The fourth-order valence-corrected chi connectivity index (χ4v) is 5.22. The number of nitrogens with one attached hydrogen (secondary N) is 1. The van der Waals surface area contributed by atoms with Crippen molar-refractivity contribution >= 4 is 17.2 Å². The maximum Gasteiger partial charge on any atom is 0.257 e. The van der Waals surface area contributed by atoms with Gasteiger partial charge in [0.25, 0.3) is 5.91 Å². The first-order valence-electron chi connectivity index (χ1n) is 12.3. The van der Waals surface area contributed by atoms with Crippen molar-refractivity contribution < 1.29 is 19.2 Å². The number of hydrogen-bond donors (Lipinski definition) is 2. The monoisotopic (exact) mass is 488 g/mol. The number of methoxy groups -OCH3 is 1. The van der Waals surface area contributed by atoms with Crippen LogP contribution in [0.2, 0.25) is 0 Å². The summed E-state index contributed by atoms with van der Waals surface area (Å²) in [6, 6.07) is 11.9. The van der Waals surface area contributed by atoms with Crippen molar-refractivity contribution in [3.8, 4) is 11.5 Å². The molecule has 0 bridgehead atoms. The van der Waals surface area contributed by atoms with Gasteiger partial charge in [-0.1, -0.05) is 29.4 Å². The Kier molecular flexibility index (Phi) is 6.45. The second-order valence-corrected chi connectivity index (χ2v) is 9.60. The summed E-state index contributed by atoms with van der Waals surface area (Å²) in [4.78, 5) is 17.9. The molecule has 0 spiro atoms. The molecule has 2 aromatic carbocycles. The Morgan fingerprint density at radius 1 is 1.19 bits per heavy atom. The first-order chi connectivity index (χ1) is 17.4. The number of phenols is 1. The Balaban J connectivity index is 1.50. The van der Waals surface area contributed by atoms with E-state index in [-0.39, 0.29) is 17.7 Å². The number of hydrogen-bond acceptors (Lipinski definition) is 7. The lowest BCUT2D eigenvalue weighted by Gasteiger charge is -2.35. The first-order valence-corrected chi connectivity index (χ1v) is 12.3. The van der Waals surface area contributed by atoms with Crippen LogP contribution in [0.15, 0.2) is 47.1 Å². The summed E-state index contributed by atoms with van der Waals surface area (Å²) >= 11 is 0. The molecule has 1 saturated heterocycles. The molecule has 2 N–H and O–H groups in total. The van der Waals surface area contributed by atoms with Gasteiger partial charge in [-0.05, 0) is 74.2 Å². The van der Waals surface area contributed by atoms with Crippen LogP contribution in [0, 0.1) is 13.8 Å². The Bertz CT molecular complexity index is 1290. The quantitative estimate of drug-likeness (QED) is 0.523. The highest BCUT2D eigenvalue weighted by Crippen LogP contribution is 2.43. The van der Waals surface area contributed by atoms with E-state index < -0.39 is 0 Å². The zero-order valence-electron chi connectivity index (χ0n) is 21.2. The minimum atomic E-state index is -0.304. The fourth-order valence-electron chi connectivity index (χ4n) is 5.22. The van der Waals surface area contributed by atoms with Gasteiger partial charge in [0.15, 0.2) is 17.3 Å². The molecule has 1 amide bonds. The number of ether oxygens (including phenoxy) is 1. The molecular weight excluding hydrogens is 456 g/mol. The minimum Gasteiger partial charge on any atom is -0.504 e. The van der Waals surface area contributed by atoms with Crippen LogP contribution in [0.25, 0.3) is 5.57 Å². The number of nitrogens with zero attached hydrogens (tertiary/aromatic N) is 3. The number of phenolic OH excluding ortho intramolecular Hbond substituents is 1. The Morgan fingerprint density at radius 3 is 2.56 bits per heavy atom. The van der Waals surface area contributed by atoms with E-state index in [0.717, 1.165) is 30.8 Å². The summed E-state index contributed by atoms with van der Waals surface area (Å²) < 4.78 is 10.6. The van der Waals surface area contributed by atoms with E-state index >= 15 is 0 Å². The summed E-state index contributed by atoms with van der Waals surface area (Å²) in [5.41, 5.74) is 5.52. The number of rotatable bonds is 6. The van der Waals surface area contributed by atoms with Gasteiger partial charge in [-0.25, -0.2) is 0 Å². The first kappa shape index (κ1) is 23.9. The van der Waals surface area contributed by atoms with Crippen LogP contribution in [-0.4, -0.2) is 53.2 Å². The van der Waals surface area contributed by atoms with Gasteiger partial charge < -0.3 is 24.6 Å². The lowest BCUT2D eigenvalue weighted by Crippen LogP contribution is -2.29. The van der Waals surface area contributed by atoms with Gasteiger partial charge in [-0.3, -0.25) is 9.69 Å². The van der Waals surface area contributed by atoms with E-state index in [9.17, 15) is 9.90 Å². The van der Waals surface area contributed by atoms with Crippen molar-refractivity contribution in [2.75, 3.05) is 32.6 Å². The van der Waals surface area contributed by atoms with Crippen LogP contribution < -0.4 is 10.1 Å². The molecule has 2 aliphatic heterocycles. The third-order valence-corrected chi connectivity index (χ3v) is 7.09. The highest BCUT2D eigenvalue weighted by Gasteiger charge is 2.32. The number of amides is 1. The van der Waals surface area contributed by atoms with Gasteiger partial charge in [0.1, 0.15) is 11.4 Å². The molecule has 2 aliphatic rings. The van der Waals surface area contributed by atoms with E-state index in [4.69, 9.17) is 9.26 Å². The Labute approximate surface area is 211 Å². The number of carbonyl (C=O) groups excluding carboxylic acids is 1. The lowest BCUT2D eigenvalue weighted by atomic mass is 9.86. The van der Waals surface area contributed by atoms with Crippen LogP contribution >= 0.6 is 0 Å². The van der Waals surface area contributed by atoms with Gasteiger partial charge in [0, 0.05) is 19.8 Å². The van der Waals surface area contributed by atoms with Crippen LogP contribution in [-0.2, 0) is 11.3 Å². The number of aromatic nitrogens is 1. The topological polar surface area (TPSA) is 91.1 Å². The number of aromatic hydroxyl groups is 1. The van der Waals surface area contributed by atoms with Crippen molar-refractivity contribution in [1.82, 2.24) is 15.0 Å². The molecule has 0 radical (unpaired) electrons. The largest absolute Gasteiger partial charge is 0.504 e. The molecule has 36 heavy (non-hydrogen) atoms. The SMILES string of the molecule is COc1cc2c(cc1O)C(C(=O)Nc1c(C)noc1C)=CN(C)C2c1ccc(CN2CCCC2)cc1. The van der Waals surface area contributed by atoms with Crippen molar-refractivity contribution in [1.29, 1.82) is 0 Å². The molecule has 8 heteroatoms. The van der Waals surface area contributed by atoms with Crippen molar-refractivity contribution in [2.24, 2.45) is 0 Å². The molecule has 5 rings (SSSR count). The van der Waals surface area contributed by atoms with E-state index in [2.05, 4.69) is 39.6 Å².